The Kier molecular flexibility index (Phi) is 5.18. The molecule has 0 aliphatic carbocycles. The van der Waals surface area contributed by atoms with E-state index in [-0.39, 0.29) is 11.9 Å². The molecular weight excluding hydrogens is 364 g/mol. The van der Waals surface area contributed by atoms with Crippen molar-refractivity contribution in [1.82, 2.24) is 19.5 Å². The van der Waals surface area contributed by atoms with Crippen LogP contribution in [0.25, 0.3) is 4.96 Å². The number of thiazole rings is 1. The van der Waals surface area contributed by atoms with E-state index < -0.39 is 0 Å². The van der Waals surface area contributed by atoms with Gasteiger partial charge in [0.05, 0.1) is 24.6 Å². The topological polar surface area (TPSA) is 72.1 Å². The molecule has 1 saturated heterocycles. The fourth-order valence-electron chi connectivity index (χ4n) is 3.71. The molecule has 2 aromatic heterocycles. The Bertz CT molecular complexity index is 917. The lowest BCUT2D eigenvalue weighted by Gasteiger charge is -2.34. The molecule has 8 heteroatoms. The van der Waals surface area contributed by atoms with Gasteiger partial charge in [0.2, 0.25) is 10.8 Å². The number of ether oxygens (including phenoxy) is 2. The second-order valence-electron chi connectivity index (χ2n) is 6.59. The van der Waals surface area contributed by atoms with Crippen molar-refractivity contribution in [3.8, 4) is 17.4 Å². The number of likely N-dealkylation sites (tertiary alicyclic amines) is 1. The number of fused-ring (bicyclic) bond motifs is 1. The number of aromatic nitrogens is 3. The molecule has 0 spiro atoms. The van der Waals surface area contributed by atoms with Gasteiger partial charge >= 0.3 is 0 Å². The summed E-state index contributed by atoms with van der Waals surface area (Å²) in [5.74, 6) is 1.60. The van der Waals surface area contributed by atoms with Crippen molar-refractivity contribution < 1.29 is 14.6 Å². The van der Waals surface area contributed by atoms with E-state index in [4.69, 9.17) is 9.47 Å². The third kappa shape index (κ3) is 3.35. The molecule has 4 rings (SSSR count). The van der Waals surface area contributed by atoms with E-state index in [2.05, 4.69) is 21.0 Å². The van der Waals surface area contributed by atoms with Crippen LogP contribution in [0, 0.1) is 0 Å². The predicted octanol–water partition coefficient (Wildman–Crippen LogP) is 3.48. The number of benzene rings is 1. The van der Waals surface area contributed by atoms with Gasteiger partial charge in [-0.2, -0.15) is 9.61 Å². The van der Waals surface area contributed by atoms with Gasteiger partial charge in [-0.25, -0.2) is 4.98 Å². The Morgan fingerprint density at radius 3 is 2.74 bits per heavy atom. The van der Waals surface area contributed by atoms with Crippen molar-refractivity contribution in [1.29, 1.82) is 0 Å². The first-order valence-corrected chi connectivity index (χ1v) is 10.1. The van der Waals surface area contributed by atoms with Crippen molar-refractivity contribution in [2.45, 2.75) is 32.2 Å². The van der Waals surface area contributed by atoms with Gasteiger partial charge in [-0.3, -0.25) is 4.90 Å². The van der Waals surface area contributed by atoms with Crippen molar-refractivity contribution in [2.24, 2.45) is 0 Å². The fourth-order valence-corrected chi connectivity index (χ4v) is 4.80. The van der Waals surface area contributed by atoms with Gasteiger partial charge < -0.3 is 14.6 Å². The van der Waals surface area contributed by atoms with E-state index in [1.165, 1.54) is 28.6 Å². The number of aromatic hydroxyl groups is 1. The molecule has 1 unspecified atom stereocenters. The lowest BCUT2D eigenvalue weighted by molar-refractivity contribution is 0.186. The van der Waals surface area contributed by atoms with Gasteiger partial charge in [0.15, 0.2) is 11.5 Å². The molecule has 3 aromatic rings. The van der Waals surface area contributed by atoms with Crippen LogP contribution in [0.1, 0.15) is 42.7 Å². The molecule has 3 heterocycles. The van der Waals surface area contributed by atoms with Gasteiger partial charge in [0.1, 0.15) is 6.33 Å². The molecule has 1 aromatic carbocycles. The number of hydrogen-bond donors (Lipinski definition) is 1. The zero-order valence-corrected chi connectivity index (χ0v) is 16.4. The first-order valence-electron chi connectivity index (χ1n) is 9.29. The largest absolute Gasteiger partial charge is 0.493 e. The average Bonchev–Trinajstić information content (AvgIpc) is 3.27. The number of methoxy groups -OCH3 is 1. The molecule has 1 aliphatic rings. The maximum atomic E-state index is 10.8. The van der Waals surface area contributed by atoms with E-state index in [0.717, 1.165) is 42.1 Å². The minimum atomic E-state index is -0.0658. The molecule has 7 nitrogen and oxygen atoms in total. The lowest BCUT2D eigenvalue weighted by Crippen LogP contribution is -2.34. The highest BCUT2D eigenvalue weighted by atomic mass is 32.1. The zero-order valence-electron chi connectivity index (χ0n) is 15.6. The van der Waals surface area contributed by atoms with Crippen molar-refractivity contribution in [2.75, 3.05) is 26.8 Å². The van der Waals surface area contributed by atoms with Crippen LogP contribution in [0.4, 0.5) is 0 Å². The molecule has 1 atom stereocenters. The average molecular weight is 388 g/mol. The molecule has 144 valence electrons. The third-order valence-electron chi connectivity index (χ3n) is 4.95. The number of rotatable bonds is 6. The summed E-state index contributed by atoms with van der Waals surface area (Å²) in [6, 6.07) is 5.95. The highest BCUT2D eigenvalue weighted by Gasteiger charge is 2.30. The fraction of sp³-hybridized carbons (Fsp3) is 0.474. The molecule has 0 amide bonds. The minimum absolute atomic E-state index is 0.0658. The Morgan fingerprint density at radius 1 is 1.22 bits per heavy atom. The number of hydrogen-bond acceptors (Lipinski definition) is 7. The van der Waals surface area contributed by atoms with Crippen LogP contribution in [0.2, 0.25) is 0 Å². The molecule has 0 saturated carbocycles. The predicted molar refractivity (Wildman–Crippen MR) is 104 cm³/mol. The first kappa shape index (κ1) is 18.1. The zero-order chi connectivity index (χ0) is 18.8. The minimum Gasteiger partial charge on any atom is -0.493 e. The van der Waals surface area contributed by atoms with Gasteiger partial charge in [-0.05, 0) is 50.6 Å². The van der Waals surface area contributed by atoms with Crippen LogP contribution in [0.15, 0.2) is 24.5 Å². The highest BCUT2D eigenvalue weighted by molar-refractivity contribution is 7.17. The summed E-state index contributed by atoms with van der Waals surface area (Å²) in [4.78, 5) is 8.22. The second-order valence-corrected chi connectivity index (χ2v) is 7.60. The van der Waals surface area contributed by atoms with E-state index in [0.29, 0.717) is 17.3 Å². The first-order chi connectivity index (χ1) is 13.2. The standard InChI is InChI=1S/C19H24N4O3S/c1-3-26-15-11-13(7-8-14(15)25-2)16(22-9-5-4-6-10-22)17-18(24)23-19(27-17)20-12-21-23/h7-8,11-12,16,24H,3-6,9-10H2,1-2H3. The summed E-state index contributed by atoms with van der Waals surface area (Å²) >= 11 is 1.48. The van der Waals surface area contributed by atoms with Crippen molar-refractivity contribution >= 4 is 16.3 Å². The summed E-state index contributed by atoms with van der Waals surface area (Å²) in [5.41, 5.74) is 1.07. The van der Waals surface area contributed by atoms with Crippen LogP contribution >= 0.6 is 11.3 Å². The van der Waals surface area contributed by atoms with Crippen molar-refractivity contribution in [3.05, 3.63) is 35.0 Å². The maximum absolute atomic E-state index is 10.8. The maximum Gasteiger partial charge on any atom is 0.230 e. The van der Waals surface area contributed by atoms with E-state index in [9.17, 15) is 5.11 Å². The van der Waals surface area contributed by atoms with Gasteiger partial charge in [-0.15, -0.1) is 0 Å². The second kappa shape index (κ2) is 7.74. The summed E-state index contributed by atoms with van der Waals surface area (Å²) in [7, 11) is 1.64. The number of nitrogens with zero attached hydrogens (tertiary/aromatic N) is 4. The Hall–Kier alpha value is -2.32. The van der Waals surface area contributed by atoms with Crippen LogP contribution in [0.3, 0.4) is 0 Å². The SMILES string of the molecule is CCOc1cc(C(c2sc3ncnn3c2O)N2CCCCC2)ccc1OC. The molecule has 0 radical (unpaired) electrons. The van der Waals surface area contributed by atoms with Crippen LogP contribution in [0.5, 0.6) is 17.4 Å². The molecular formula is C19H24N4O3S. The van der Waals surface area contributed by atoms with Gasteiger partial charge in [-0.1, -0.05) is 23.8 Å². The molecule has 0 bridgehead atoms. The Labute approximate surface area is 162 Å². The van der Waals surface area contributed by atoms with E-state index in [1.807, 2.05) is 19.1 Å². The Balaban J connectivity index is 1.81. The Morgan fingerprint density at radius 2 is 2.04 bits per heavy atom. The number of piperidine rings is 1. The quantitative estimate of drug-likeness (QED) is 0.697. The summed E-state index contributed by atoms with van der Waals surface area (Å²) < 4.78 is 12.7. The van der Waals surface area contributed by atoms with Crippen molar-refractivity contribution in [3.63, 3.8) is 0 Å². The lowest BCUT2D eigenvalue weighted by atomic mass is 10.00. The monoisotopic (exact) mass is 388 g/mol. The van der Waals surface area contributed by atoms with E-state index in [1.54, 1.807) is 7.11 Å². The smallest absolute Gasteiger partial charge is 0.230 e. The highest BCUT2D eigenvalue weighted by Crippen LogP contribution is 2.42. The summed E-state index contributed by atoms with van der Waals surface area (Å²) in [5, 5.41) is 14.9. The van der Waals surface area contributed by atoms with Gasteiger partial charge in [0.25, 0.3) is 0 Å². The molecule has 1 N–H and O–H groups in total. The van der Waals surface area contributed by atoms with Gasteiger partial charge in [0, 0.05) is 0 Å². The summed E-state index contributed by atoms with van der Waals surface area (Å²) in [6.45, 7) is 4.51. The molecule has 27 heavy (non-hydrogen) atoms. The van der Waals surface area contributed by atoms with E-state index >= 15 is 0 Å². The molecule has 1 fully saturated rings. The molecule has 1 aliphatic heterocycles. The van der Waals surface area contributed by atoms with Crippen LogP contribution < -0.4 is 9.47 Å². The van der Waals surface area contributed by atoms with Crippen LogP contribution in [-0.2, 0) is 0 Å². The third-order valence-corrected chi connectivity index (χ3v) is 6.03. The van der Waals surface area contributed by atoms with Crippen LogP contribution in [-0.4, -0.2) is 51.4 Å². The normalized spacial score (nSPS) is 16.5. The summed E-state index contributed by atoms with van der Waals surface area (Å²) in [6.07, 6.45) is 5.03.